The minimum atomic E-state index is -3.90. The molecule has 1 amide bonds. The first-order chi connectivity index (χ1) is 9.79. The van der Waals surface area contributed by atoms with E-state index in [2.05, 4.69) is 0 Å². The molecule has 0 spiro atoms. The summed E-state index contributed by atoms with van der Waals surface area (Å²) in [5, 5.41) is 5.21. The maximum Gasteiger partial charge on any atom is 0.242 e. The van der Waals surface area contributed by atoms with Gasteiger partial charge in [0.25, 0.3) is 0 Å². The lowest BCUT2D eigenvalue weighted by atomic mass is 10.2. The van der Waals surface area contributed by atoms with E-state index in [0.29, 0.717) is 11.4 Å². The fraction of sp³-hybridized carbons (Fsp3) is 0.462. The Morgan fingerprint density at radius 2 is 1.95 bits per heavy atom. The average molecular weight is 312 g/mol. The van der Waals surface area contributed by atoms with Crippen LogP contribution < -0.4 is 15.8 Å². The zero-order valence-corrected chi connectivity index (χ0v) is 12.8. The monoisotopic (exact) mass is 312 g/mol. The molecule has 4 N–H and O–H groups in total. The highest BCUT2D eigenvalue weighted by atomic mass is 32.2. The minimum absolute atomic E-state index is 0.0211. The third kappa shape index (κ3) is 3.64. The molecule has 1 aromatic rings. The number of hydrogen-bond donors (Lipinski definition) is 2. The van der Waals surface area contributed by atoms with E-state index < -0.39 is 10.0 Å². The Balaban J connectivity index is 2.22. The van der Waals surface area contributed by atoms with Gasteiger partial charge in [-0.2, -0.15) is 0 Å². The van der Waals surface area contributed by atoms with E-state index in [1.165, 1.54) is 6.07 Å². The second-order valence-electron chi connectivity index (χ2n) is 5.22. The van der Waals surface area contributed by atoms with Crippen molar-refractivity contribution in [2.45, 2.75) is 17.7 Å². The highest BCUT2D eigenvalue weighted by Gasteiger charge is 2.22. The van der Waals surface area contributed by atoms with Gasteiger partial charge < -0.3 is 15.5 Å². The van der Waals surface area contributed by atoms with Gasteiger partial charge in [-0.1, -0.05) is 0 Å². The van der Waals surface area contributed by atoms with E-state index in [9.17, 15) is 13.2 Å². The van der Waals surface area contributed by atoms with Crippen molar-refractivity contribution in [1.29, 1.82) is 0 Å². The van der Waals surface area contributed by atoms with Crippen LogP contribution in [0.3, 0.4) is 0 Å². The second-order valence-corrected chi connectivity index (χ2v) is 6.75. The molecule has 116 valence electrons. The molecule has 0 aliphatic carbocycles. The maximum absolute atomic E-state index is 12.1. The summed E-state index contributed by atoms with van der Waals surface area (Å²) in [6.45, 7) is 1.62. The van der Waals surface area contributed by atoms with Crippen LogP contribution >= 0.6 is 0 Å². The number of primary sulfonamides is 1. The lowest BCUT2D eigenvalue weighted by Gasteiger charge is -2.24. The zero-order chi connectivity index (χ0) is 15.6. The molecule has 0 atom stereocenters. The summed E-state index contributed by atoms with van der Waals surface area (Å²) in [4.78, 5) is 15.4. The lowest BCUT2D eigenvalue weighted by molar-refractivity contribution is -0.128. The quantitative estimate of drug-likeness (QED) is 0.759. The molecular formula is C13H20N4O3S. The van der Waals surface area contributed by atoms with Gasteiger partial charge in [-0.05, 0) is 31.0 Å². The topological polar surface area (TPSA) is 110 Å². The fourth-order valence-electron chi connectivity index (χ4n) is 2.43. The van der Waals surface area contributed by atoms with Gasteiger partial charge in [-0.25, -0.2) is 13.6 Å². The minimum Gasteiger partial charge on any atom is -0.399 e. The number of amides is 1. The number of anilines is 2. The molecule has 1 saturated heterocycles. The van der Waals surface area contributed by atoms with E-state index in [1.807, 2.05) is 0 Å². The average Bonchev–Trinajstić information content (AvgIpc) is 2.91. The van der Waals surface area contributed by atoms with Crippen LogP contribution in [0.1, 0.15) is 12.8 Å². The van der Waals surface area contributed by atoms with Crippen LogP contribution in [0.25, 0.3) is 0 Å². The summed E-state index contributed by atoms with van der Waals surface area (Å²) in [6.07, 6.45) is 2.03. The molecule has 0 bridgehead atoms. The van der Waals surface area contributed by atoms with Gasteiger partial charge in [0.05, 0.1) is 12.2 Å². The van der Waals surface area contributed by atoms with Crippen LogP contribution in [-0.2, 0) is 14.8 Å². The van der Waals surface area contributed by atoms with Gasteiger partial charge in [0.1, 0.15) is 4.90 Å². The van der Waals surface area contributed by atoms with Crippen molar-refractivity contribution in [1.82, 2.24) is 4.90 Å². The van der Waals surface area contributed by atoms with Gasteiger partial charge >= 0.3 is 0 Å². The van der Waals surface area contributed by atoms with Crippen LogP contribution in [0, 0.1) is 0 Å². The molecular weight excluding hydrogens is 292 g/mol. The van der Waals surface area contributed by atoms with Crippen LogP contribution in [-0.4, -0.2) is 45.9 Å². The SMILES string of the molecule is CN(CC(=O)N1CCCC1)c1ccc(N)cc1S(N)(=O)=O. The fourth-order valence-corrected chi connectivity index (χ4v) is 3.24. The van der Waals surface area contributed by atoms with Gasteiger partial charge in [0, 0.05) is 25.8 Å². The summed E-state index contributed by atoms with van der Waals surface area (Å²) in [5.74, 6) is -0.0211. The largest absolute Gasteiger partial charge is 0.399 e. The Labute approximate surface area is 124 Å². The number of likely N-dealkylation sites (tertiary alicyclic amines) is 1. The van der Waals surface area contributed by atoms with E-state index in [0.717, 1.165) is 25.9 Å². The van der Waals surface area contributed by atoms with Crippen molar-refractivity contribution >= 4 is 27.3 Å². The highest BCUT2D eigenvalue weighted by Crippen LogP contribution is 2.26. The number of nitrogens with zero attached hydrogens (tertiary/aromatic N) is 2. The van der Waals surface area contributed by atoms with Gasteiger partial charge in [-0.15, -0.1) is 0 Å². The molecule has 0 unspecified atom stereocenters. The van der Waals surface area contributed by atoms with Gasteiger partial charge in [0.15, 0.2) is 0 Å². The third-order valence-corrected chi connectivity index (χ3v) is 4.47. The third-order valence-electron chi connectivity index (χ3n) is 3.53. The van der Waals surface area contributed by atoms with E-state index >= 15 is 0 Å². The molecule has 0 saturated carbocycles. The standard InChI is InChI=1S/C13H20N4O3S/c1-16(9-13(18)17-6-2-3-7-17)11-5-4-10(14)8-12(11)21(15,19)20/h4-5,8H,2-3,6-7,9,14H2,1H3,(H2,15,19,20). The maximum atomic E-state index is 12.1. The Kier molecular flexibility index (Phi) is 4.38. The normalized spacial score (nSPS) is 15.2. The Hall–Kier alpha value is -1.80. The lowest BCUT2D eigenvalue weighted by Crippen LogP contribution is -2.37. The number of carbonyl (C=O) groups is 1. The van der Waals surface area contributed by atoms with Crippen LogP contribution in [0.15, 0.2) is 23.1 Å². The molecule has 1 aliphatic heterocycles. The van der Waals surface area contributed by atoms with Gasteiger partial charge in [0.2, 0.25) is 15.9 Å². The molecule has 0 aromatic heterocycles. The summed E-state index contributed by atoms with van der Waals surface area (Å²) >= 11 is 0. The predicted molar refractivity (Wildman–Crippen MR) is 81.3 cm³/mol. The van der Waals surface area contributed by atoms with Crippen molar-refractivity contribution in [2.75, 3.05) is 37.3 Å². The second kappa shape index (κ2) is 5.90. The molecule has 1 aliphatic rings. The molecule has 8 heteroatoms. The summed E-state index contributed by atoms with van der Waals surface area (Å²) in [5.41, 5.74) is 6.29. The number of hydrogen-bond acceptors (Lipinski definition) is 5. The molecule has 0 radical (unpaired) electrons. The number of nitrogens with two attached hydrogens (primary N) is 2. The van der Waals surface area contributed by atoms with E-state index in [1.54, 1.807) is 29.0 Å². The number of likely N-dealkylation sites (N-methyl/N-ethyl adjacent to an activating group) is 1. The van der Waals surface area contributed by atoms with E-state index in [4.69, 9.17) is 10.9 Å². The van der Waals surface area contributed by atoms with Crippen LogP contribution in [0.4, 0.5) is 11.4 Å². The predicted octanol–water partition coefficient (Wildman–Crippen LogP) is -0.0252. The van der Waals surface area contributed by atoms with Crippen molar-refractivity contribution in [3.8, 4) is 0 Å². The first-order valence-corrected chi connectivity index (χ1v) is 8.25. The molecule has 2 rings (SSSR count). The van der Waals surface area contributed by atoms with Crippen LogP contribution in [0.5, 0.6) is 0 Å². The zero-order valence-electron chi connectivity index (χ0n) is 11.9. The van der Waals surface area contributed by atoms with E-state index in [-0.39, 0.29) is 17.3 Å². The molecule has 21 heavy (non-hydrogen) atoms. The first kappa shape index (κ1) is 15.6. The van der Waals surface area contributed by atoms with Crippen molar-refractivity contribution in [3.63, 3.8) is 0 Å². The molecule has 1 heterocycles. The van der Waals surface area contributed by atoms with Crippen molar-refractivity contribution < 1.29 is 13.2 Å². The number of sulfonamides is 1. The Morgan fingerprint density at radius 3 is 2.52 bits per heavy atom. The molecule has 7 nitrogen and oxygen atoms in total. The number of rotatable bonds is 4. The Morgan fingerprint density at radius 1 is 1.33 bits per heavy atom. The summed E-state index contributed by atoms with van der Waals surface area (Å²) < 4.78 is 23.3. The van der Waals surface area contributed by atoms with Crippen molar-refractivity contribution in [2.24, 2.45) is 5.14 Å². The number of nitrogen functional groups attached to an aromatic ring is 1. The summed E-state index contributed by atoms with van der Waals surface area (Å²) in [7, 11) is -2.24. The smallest absolute Gasteiger partial charge is 0.242 e. The Bertz CT molecular complexity index is 639. The highest BCUT2D eigenvalue weighted by molar-refractivity contribution is 7.89. The van der Waals surface area contributed by atoms with Crippen LogP contribution in [0.2, 0.25) is 0 Å². The number of carbonyl (C=O) groups excluding carboxylic acids is 1. The number of benzene rings is 1. The summed E-state index contributed by atoms with van der Waals surface area (Å²) in [6, 6.07) is 4.45. The first-order valence-electron chi connectivity index (χ1n) is 6.70. The molecule has 1 fully saturated rings. The van der Waals surface area contributed by atoms with Crippen molar-refractivity contribution in [3.05, 3.63) is 18.2 Å². The molecule has 1 aromatic carbocycles. The van der Waals surface area contributed by atoms with Gasteiger partial charge in [-0.3, -0.25) is 4.79 Å².